The Bertz CT molecular complexity index is 1280. The molecule has 1 aromatic heterocycles. The maximum Gasteiger partial charge on any atom is 0.274 e. The van der Waals surface area contributed by atoms with Crippen LogP contribution in [0, 0.1) is 0 Å². The minimum atomic E-state index is -3.79. The van der Waals surface area contributed by atoms with Crippen molar-refractivity contribution in [3.63, 3.8) is 0 Å². The van der Waals surface area contributed by atoms with Crippen molar-refractivity contribution in [3.05, 3.63) is 60.7 Å². The second kappa shape index (κ2) is 7.31. The number of hydrogen-bond donors (Lipinski definition) is 0. The smallest absolute Gasteiger partial charge is 0.274 e. The summed E-state index contributed by atoms with van der Waals surface area (Å²) in [7, 11) is -3.79. The van der Waals surface area contributed by atoms with Crippen molar-refractivity contribution in [1.29, 1.82) is 0 Å². The molecule has 2 aliphatic rings. The fourth-order valence-corrected chi connectivity index (χ4v) is 5.74. The third kappa shape index (κ3) is 3.19. The quantitative estimate of drug-likeness (QED) is 0.608. The van der Waals surface area contributed by atoms with Crippen molar-refractivity contribution in [2.45, 2.75) is 4.90 Å². The second-order valence-electron chi connectivity index (χ2n) is 7.41. The lowest BCUT2D eigenvalue weighted by Gasteiger charge is -2.35. The van der Waals surface area contributed by atoms with Crippen LogP contribution in [0.15, 0.2) is 59.9 Å². The molecule has 0 atom stereocenters. The Kier molecular flexibility index (Phi) is 4.58. The molecule has 0 spiro atoms. The summed E-state index contributed by atoms with van der Waals surface area (Å²) in [5.41, 5.74) is 0.786. The molecule has 0 N–H and O–H groups in total. The third-order valence-corrected chi connectivity index (χ3v) is 7.46. The topological polar surface area (TPSA) is 104 Å². The van der Waals surface area contributed by atoms with Crippen molar-refractivity contribution in [2.24, 2.45) is 0 Å². The molecule has 2 aliphatic heterocycles. The highest BCUT2D eigenvalue weighted by Crippen LogP contribution is 2.41. The van der Waals surface area contributed by atoms with Crippen LogP contribution in [-0.4, -0.2) is 72.7 Å². The number of anilines is 1. The molecule has 2 aromatic carbocycles. The highest BCUT2D eigenvalue weighted by atomic mass is 32.2. The zero-order chi connectivity index (χ0) is 21.6. The molecular formula is C21H19N5O4S. The van der Waals surface area contributed by atoms with Gasteiger partial charge in [0.1, 0.15) is 12.2 Å². The van der Waals surface area contributed by atoms with E-state index < -0.39 is 10.0 Å². The Morgan fingerprint density at radius 2 is 1.65 bits per heavy atom. The summed E-state index contributed by atoms with van der Waals surface area (Å²) in [5.74, 6) is -0.524. The molecule has 0 radical (unpaired) electrons. The summed E-state index contributed by atoms with van der Waals surface area (Å²) in [5, 5.41) is 1.47. The first-order valence-corrected chi connectivity index (χ1v) is 11.3. The summed E-state index contributed by atoms with van der Waals surface area (Å²) in [6.45, 7) is 1.09. The number of sulfonamides is 1. The zero-order valence-corrected chi connectivity index (χ0v) is 17.3. The number of aromatic nitrogens is 2. The lowest BCUT2D eigenvalue weighted by molar-refractivity contribution is -0.131. The predicted octanol–water partition coefficient (Wildman–Crippen LogP) is 1.12. The van der Waals surface area contributed by atoms with Crippen LogP contribution >= 0.6 is 0 Å². The first kappa shape index (κ1) is 19.4. The number of piperazine rings is 1. The first-order valence-electron chi connectivity index (χ1n) is 9.84. The molecule has 5 rings (SSSR count). The van der Waals surface area contributed by atoms with Crippen molar-refractivity contribution in [3.8, 4) is 0 Å². The summed E-state index contributed by atoms with van der Waals surface area (Å²) in [6.07, 6.45) is 4.37. The van der Waals surface area contributed by atoms with Crippen LogP contribution in [0.1, 0.15) is 10.5 Å². The second-order valence-corrected chi connectivity index (χ2v) is 9.24. The molecule has 10 heteroatoms. The summed E-state index contributed by atoms with van der Waals surface area (Å²) in [6, 6.07) is 10.5. The summed E-state index contributed by atoms with van der Waals surface area (Å²) >= 11 is 0. The predicted molar refractivity (Wildman–Crippen MR) is 113 cm³/mol. The average molecular weight is 437 g/mol. The van der Waals surface area contributed by atoms with E-state index in [1.165, 1.54) is 22.9 Å². The fourth-order valence-electron chi connectivity index (χ4n) is 4.08. The van der Waals surface area contributed by atoms with Crippen molar-refractivity contribution in [2.75, 3.05) is 37.0 Å². The molecule has 3 aromatic rings. The molecule has 0 aliphatic carbocycles. The van der Waals surface area contributed by atoms with E-state index in [4.69, 9.17) is 0 Å². The maximum atomic E-state index is 13.1. The van der Waals surface area contributed by atoms with E-state index in [0.717, 1.165) is 5.39 Å². The number of carbonyl (C=O) groups is 2. The van der Waals surface area contributed by atoms with E-state index in [2.05, 4.69) is 9.97 Å². The minimum absolute atomic E-state index is 0.229. The Morgan fingerprint density at radius 3 is 2.35 bits per heavy atom. The lowest BCUT2D eigenvalue weighted by atomic mass is 10.1. The molecule has 31 heavy (non-hydrogen) atoms. The van der Waals surface area contributed by atoms with Gasteiger partial charge in [-0.3, -0.25) is 18.9 Å². The summed E-state index contributed by atoms with van der Waals surface area (Å²) in [4.78, 5) is 36.8. The van der Waals surface area contributed by atoms with Crippen LogP contribution in [0.2, 0.25) is 0 Å². The monoisotopic (exact) mass is 437 g/mol. The Balaban J connectivity index is 1.30. The van der Waals surface area contributed by atoms with Crippen molar-refractivity contribution < 1.29 is 18.0 Å². The zero-order valence-electron chi connectivity index (χ0n) is 16.5. The molecule has 1 saturated heterocycles. The highest BCUT2D eigenvalue weighted by molar-refractivity contribution is 7.93. The molecule has 3 heterocycles. The van der Waals surface area contributed by atoms with Gasteiger partial charge in [-0.1, -0.05) is 24.3 Å². The largest absolute Gasteiger partial charge is 0.338 e. The van der Waals surface area contributed by atoms with E-state index in [1.807, 2.05) is 12.1 Å². The number of benzene rings is 2. The lowest BCUT2D eigenvalue weighted by Crippen LogP contribution is -2.53. The van der Waals surface area contributed by atoms with Crippen LogP contribution in [0.3, 0.4) is 0 Å². The van der Waals surface area contributed by atoms with Gasteiger partial charge in [-0.05, 0) is 17.5 Å². The van der Waals surface area contributed by atoms with Crippen LogP contribution in [0.4, 0.5) is 5.69 Å². The van der Waals surface area contributed by atoms with Crippen LogP contribution in [0.5, 0.6) is 0 Å². The van der Waals surface area contributed by atoms with Gasteiger partial charge in [-0.2, -0.15) is 0 Å². The van der Waals surface area contributed by atoms with E-state index in [1.54, 1.807) is 34.1 Å². The molecule has 0 unspecified atom stereocenters. The van der Waals surface area contributed by atoms with E-state index in [0.29, 0.717) is 37.3 Å². The number of carbonyl (C=O) groups excluding carboxylic acids is 2. The van der Waals surface area contributed by atoms with E-state index in [9.17, 15) is 18.0 Å². The Labute approximate surface area is 179 Å². The van der Waals surface area contributed by atoms with Crippen LogP contribution in [-0.2, 0) is 14.8 Å². The molecule has 1 fully saturated rings. The highest BCUT2D eigenvalue weighted by Gasteiger charge is 2.38. The Hall–Kier alpha value is -3.53. The summed E-state index contributed by atoms with van der Waals surface area (Å²) < 4.78 is 27.3. The molecule has 9 nitrogen and oxygen atoms in total. The van der Waals surface area contributed by atoms with Gasteiger partial charge in [0, 0.05) is 44.0 Å². The van der Waals surface area contributed by atoms with Crippen molar-refractivity contribution in [1.82, 2.24) is 19.8 Å². The van der Waals surface area contributed by atoms with Gasteiger partial charge in [-0.15, -0.1) is 0 Å². The number of amides is 2. The normalized spacial score (nSPS) is 17.2. The molecule has 0 saturated carbocycles. The van der Waals surface area contributed by atoms with E-state index >= 15 is 0 Å². The van der Waals surface area contributed by atoms with Gasteiger partial charge < -0.3 is 9.80 Å². The standard InChI is InChI=1S/C21H19N5O4S/c27-19(24-9-11-25(12-10-24)21(28)16-13-22-7-8-23-16)14-26-17-5-1-3-15-4-2-6-18(20(15)17)31(26,29)30/h1-8,13H,9-12,14H2. The van der Waals surface area contributed by atoms with Crippen LogP contribution < -0.4 is 4.31 Å². The minimum Gasteiger partial charge on any atom is -0.338 e. The van der Waals surface area contributed by atoms with Gasteiger partial charge in [0.15, 0.2) is 0 Å². The molecular weight excluding hydrogens is 418 g/mol. The SMILES string of the molecule is O=C(CN1c2cccc3cccc(c23)S1(=O)=O)N1CCN(C(=O)c2cnccn2)CC1. The molecule has 2 amide bonds. The maximum absolute atomic E-state index is 13.1. The van der Waals surface area contributed by atoms with Crippen molar-refractivity contribution >= 4 is 38.3 Å². The van der Waals surface area contributed by atoms with Gasteiger partial charge in [0.2, 0.25) is 5.91 Å². The van der Waals surface area contributed by atoms with Gasteiger partial charge in [0.25, 0.3) is 15.9 Å². The number of rotatable bonds is 3. The fraction of sp³-hybridized carbons (Fsp3) is 0.238. The third-order valence-electron chi connectivity index (χ3n) is 5.66. The van der Waals surface area contributed by atoms with E-state index in [-0.39, 0.29) is 28.9 Å². The van der Waals surface area contributed by atoms with Gasteiger partial charge >= 0.3 is 0 Å². The molecule has 158 valence electrons. The first-order chi connectivity index (χ1) is 15.0. The number of hydrogen-bond acceptors (Lipinski definition) is 6. The molecule has 0 bridgehead atoms. The van der Waals surface area contributed by atoms with Gasteiger partial charge in [-0.25, -0.2) is 13.4 Å². The Morgan fingerprint density at radius 1 is 0.935 bits per heavy atom. The van der Waals surface area contributed by atoms with Crippen LogP contribution in [0.25, 0.3) is 10.8 Å². The van der Waals surface area contributed by atoms with Gasteiger partial charge in [0.05, 0.1) is 16.8 Å². The average Bonchev–Trinajstić information content (AvgIpc) is 3.02. The number of nitrogens with zero attached hydrogens (tertiary/aromatic N) is 5.